The molecule has 0 bridgehead atoms. The van der Waals surface area contributed by atoms with Crippen molar-refractivity contribution in [3.8, 4) is 0 Å². The molecule has 7 nitrogen and oxygen atoms in total. The Bertz CT molecular complexity index is 865. The molecule has 0 saturated carbocycles. The highest BCUT2D eigenvalue weighted by molar-refractivity contribution is 7.12. The number of amides is 3. The van der Waals surface area contributed by atoms with E-state index < -0.39 is 36.6 Å². The van der Waals surface area contributed by atoms with E-state index in [1.165, 1.54) is 11.3 Å². The first-order valence-electron chi connectivity index (χ1n) is 8.40. The summed E-state index contributed by atoms with van der Waals surface area (Å²) in [5, 5.41) is 4.44. The van der Waals surface area contributed by atoms with Crippen LogP contribution in [0.1, 0.15) is 28.6 Å². The molecule has 1 saturated heterocycles. The Morgan fingerprint density at radius 2 is 1.89 bits per heavy atom. The maximum Gasteiger partial charge on any atom is 0.326 e. The summed E-state index contributed by atoms with van der Waals surface area (Å²) < 4.78 is 4.94. The monoisotopic (exact) mass is 386 g/mol. The van der Waals surface area contributed by atoms with Gasteiger partial charge in [-0.2, -0.15) is 0 Å². The van der Waals surface area contributed by atoms with Crippen molar-refractivity contribution in [2.75, 3.05) is 13.2 Å². The van der Waals surface area contributed by atoms with Gasteiger partial charge < -0.3 is 10.1 Å². The Morgan fingerprint density at radius 3 is 2.52 bits per heavy atom. The van der Waals surface area contributed by atoms with Gasteiger partial charge in [0.25, 0.3) is 5.91 Å². The third-order valence-corrected chi connectivity index (χ3v) is 5.33. The first-order chi connectivity index (χ1) is 13.0. The number of hydrogen-bond acceptors (Lipinski definition) is 6. The van der Waals surface area contributed by atoms with E-state index in [2.05, 4.69) is 5.32 Å². The summed E-state index contributed by atoms with van der Waals surface area (Å²) in [6.45, 7) is 0.810. The Morgan fingerprint density at radius 1 is 1.15 bits per heavy atom. The Labute approximate surface area is 159 Å². The van der Waals surface area contributed by atoms with E-state index in [1.807, 2.05) is 6.07 Å². The second-order valence-electron chi connectivity index (χ2n) is 6.01. The van der Waals surface area contributed by atoms with Crippen LogP contribution in [0.3, 0.4) is 0 Å². The number of esters is 1. The van der Waals surface area contributed by atoms with Crippen molar-refractivity contribution in [2.24, 2.45) is 0 Å². The second kappa shape index (κ2) is 7.71. The molecule has 8 heteroatoms. The molecule has 3 rings (SSSR count). The summed E-state index contributed by atoms with van der Waals surface area (Å²) >= 11 is 1.25. The van der Waals surface area contributed by atoms with Crippen LogP contribution >= 0.6 is 11.3 Å². The fraction of sp³-hybridized carbons (Fsp3) is 0.263. The number of benzene rings is 1. The third-order valence-electron chi connectivity index (χ3n) is 4.42. The van der Waals surface area contributed by atoms with Crippen LogP contribution in [0.2, 0.25) is 0 Å². The van der Waals surface area contributed by atoms with Gasteiger partial charge in [0.15, 0.2) is 6.61 Å². The molecule has 0 aliphatic carbocycles. The highest BCUT2D eigenvalue weighted by Gasteiger charge is 2.51. The van der Waals surface area contributed by atoms with Crippen molar-refractivity contribution in [3.63, 3.8) is 0 Å². The lowest BCUT2D eigenvalue weighted by Gasteiger charge is -2.25. The largest absolute Gasteiger partial charge is 0.456 e. The number of carbonyl (C=O) groups is 4. The number of thiophene rings is 1. The average molecular weight is 386 g/mol. The smallest absolute Gasteiger partial charge is 0.326 e. The molecule has 1 fully saturated rings. The standard InChI is InChI=1S/C19H18N2O5S/c1-2-19(13-7-4-3-5-8-13)17(24)21(18(25)20-19)11-16(23)26-12-14(22)15-9-6-10-27-15/h3-10H,2,11-12H2,1H3,(H,20,25)/t19-/m0/s1. The van der Waals surface area contributed by atoms with Crippen LogP contribution in [-0.4, -0.2) is 41.7 Å². The van der Waals surface area contributed by atoms with Crippen molar-refractivity contribution in [1.82, 2.24) is 10.2 Å². The molecule has 27 heavy (non-hydrogen) atoms. The molecule has 1 aliphatic heterocycles. The SMILES string of the molecule is CC[C@@]1(c2ccccc2)NC(=O)N(CC(=O)OCC(=O)c2cccs2)C1=O. The van der Waals surface area contributed by atoms with Gasteiger partial charge in [-0.1, -0.05) is 43.3 Å². The quantitative estimate of drug-likeness (QED) is 0.448. The molecule has 1 aliphatic rings. The summed E-state index contributed by atoms with van der Waals surface area (Å²) in [6.07, 6.45) is 0.337. The lowest BCUT2D eigenvalue weighted by Crippen LogP contribution is -2.44. The molecule has 1 atom stereocenters. The van der Waals surface area contributed by atoms with Gasteiger partial charge in [0.05, 0.1) is 4.88 Å². The van der Waals surface area contributed by atoms with Crippen LogP contribution in [-0.2, 0) is 19.9 Å². The molecule has 0 unspecified atom stereocenters. The predicted octanol–water partition coefficient (Wildman–Crippen LogP) is 2.33. The summed E-state index contributed by atoms with van der Waals surface area (Å²) in [6, 6.07) is 11.6. The fourth-order valence-electron chi connectivity index (χ4n) is 2.96. The number of nitrogens with zero attached hydrogens (tertiary/aromatic N) is 1. The minimum absolute atomic E-state index is 0.331. The fourth-order valence-corrected chi connectivity index (χ4v) is 3.61. The number of nitrogens with one attached hydrogen (secondary N) is 1. The zero-order valence-electron chi connectivity index (χ0n) is 14.6. The van der Waals surface area contributed by atoms with E-state index >= 15 is 0 Å². The molecule has 3 amide bonds. The molecule has 1 N–H and O–H groups in total. The first kappa shape index (κ1) is 18.8. The van der Waals surface area contributed by atoms with Crippen molar-refractivity contribution in [3.05, 3.63) is 58.3 Å². The van der Waals surface area contributed by atoms with E-state index in [4.69, 9.17) is 4.74 Å². The van der Waals surface area contributed by atoms with E-state index in [0.29, 0.717) is 16.9 Å². The summed E-state index contributed by atoms with van der Waals surface area (Å²) in [5.74, 6) is -1.66. The van der Waals surface area contributed by atoms with E-state index in [-0.39, 0.29) is 5.78 Å². The van der Waals surface area contributed by atoms with Gasteiger partial charge in [0.1, 0.15) is 12.1 Å². The number of ketones is 1. The van der Waals surface area contributed by atoms with Gasteiger partial charge in [0, 0.05) is 0 Å². The summed E-state index contributed by atoms with van der Waals surface area (Å²) in [4.78, 5) is 50.5. The molecule has 2 aromatic rings. The molecule has 1 aromatic carbocycles. The lowest BCUT2D eigenvalue weighted by molar-refractivity contribution is -0.147. The maximum absolute atomic E-state index is 12.9. The van der Waals surface area contributed by atoms with Crippen LogP contribution in [0.15, 0.2) is 47.8 Å². The highest BCUT2D eigenvalue weighted by Crippen LogP contribution is 2.32. The van der Waals surface area contributed by atoms with Crippen LogP contribution in [0.25, 0.3) is 0 Å². The van der Waals surface area contributed by atoms with Crippen molar-refractivity contribution in [1.29, 1.82) is 0 Å². The minimum Gasteiger partial charge on any atom is -0.456 e. The van der Waals surface area contributed by atoms with Gasteiger partial charge in [-0.05, 0) is 23.4 Å². The van der Waals surface area contributed by atoms with Gasteiger partial charge in [-0.15, -0.1) is 11.3 Å². The zero-order valence-corrected chi connectivity index (χ0v) is 15.5. The average Bonchev–Trinajstić information content (AvgIpc) is 3.30. The number of ether oxygens (including phenoxy) is 1. The summed E-state index contributed by atoms with van der Waals surface area (Å²) in [5.41, 5.74) is -0.555. The predicted molar refractivity (Wildman–Crippen MR) is 98.3 cm³/mol. The number of rotatable bonds is 7. The van der Waals surface area contributed by atoms with Crippen molar-refractivity contribution < 1.29 is 23.9 Å². The normalized spacial score (nSPS) is 19.1. The first-order valence-corrected chi connectivity index (χ1v) is 9.28. The number of urea groups is 1. The zero-order chi connectivity index (χ0) is 19.4. The highest BCUT2D eigenvalue weighted by atomic mass is 32.1. The van der Waals surface area contributed by atoms with E-state index in [0.717, 1.165) is 4.90 Å². The Balaban J connectivity index is 1.66. The number of carbonyl (C=O) groups excluding carboxylic acids is 4. The molecular weight excluding hydrogens is 368 g/mol. The van der Waals surface area contributed by atoms with E-state index in [9.17, 15) is 19.2 Å². The molecule has 140 valence electrons. The topological polar surface area (TPSA) is 92.8 Å². The van der Waals surface area contributed by atoms with Crippen molar-refractivity contribution >= 4 is 35.0 Å². The number of hydrogen-bond donors (Lipinski definition) is 1. The minimum atomic E-state index is -1.20. The van der Waals surface area contributed by atoms with E-state index in [1.54, 1.807) is 48.7 Å². The molecule has 0 spiro atoms. The van der Waals surface area contributed by atoms with Gasteiger partial charge in [-0.25, -0.2) is 4.79 Å². The number of Topliss-reactive ketones (excluding diaryl/α,β-unsaturated/α-hetero) is 1. The van der Waals surface area contributed by atoms with Crippen LogP contribution < -0.4 is 5.32 Å². The number of imide groups is 1. The third kappa shape index (κ3) is 3.61. The Hall–Kier alpha value is -3.00. The van der Waals surface area contributed by atoms with Crippen LogP contribution in [0, 0.1) is 0 Å². The van der Waals surface area contributed by atoms with Crippen LogP contribution in [0.4, 0.5) is 4.79 Å². The maximum atomic E-state index is 12.9. The Kier molecular flexibility index (Phi) is 5.36. The summed E-state index contributed by atoms with van der Waals surface area (Å²) in [7, 11) is 0. The second-order valence-corrected chi connectivity index (χ2v) is 6.96. The molecule has 2 heterocycles. The van der Waals surface area contributed by atoms with Gasteiger partial charge in [0.2, 0.25) is 5.78 Å². The lowest BCUT2D eigenvalue weighted by atomic mass is 9.87. The molecule has 0 radical (unpaired) electrons. The molecule has 1 aromatic heterocycles. The van der Waals surface area contributed by atoms with Gasteiger partial charge >= 0.3 is 12.0 Å². The van der Waals surface area contributed by atoms with Crippen molar-refractivity contribution in [2.45, 2.75) is 18.9 Å². The van der Waals surface area contributed by atoms with Crippen LogP contribution in [0.5, 0.6) is 0 Å². The van der Waals surface area contributed by atoms with Gasteiger partial charge in [-0.3, -0.25) is 19.3 Å². The molecular formula is C19H18N2O5S.